The first kappa shape index (κ1) is 31.7. The highest BCUT2D eigenvalue weighted by Gasteiger charge is 2.34. The second kappa shape index (κ2) is 14.0. The van der Waals surface area contributed by atoms with E-state index in [-0.39, 0.29) is 29.1 Å². The minimum Gasteiger partial charge on any atom is -0.324 e. The van der Waals surface area contributed by atoms with Crippen LogP contribution in [0.1, 0.15) is 29.0 Å². The van der Waals surface area contributed by atoms with E-state index in [4.69, 9.17) is 17.3 Å². The Bertz CT molecular complexity index is 1710. The van der Waals surface area contributed by atoms with E-state index in [0.29, 0.717) is 35.7 Å². The van der Waals surface area contributed by atoms with Crippen molar-refractivity contribution >= 4 is 33.2 Å². The van der Waals surface area contributed by atoms with Crippen LogP contribution < -0.4 is 16.4 Å². The Morgan fingerprint density at radius 1 is 0.977 bits per heavy atom. The zero-order chi connectivity index (χ0) is 31.3. The summed E-state index contributed by atoms with van der Waals surface area (Å²) in [6.45, 7) is 1.19. The van der Waals surface area contributed by atoms with Crippen molar-refractivity contribution in [3.63, 3.8) is 0 Å². The fourth-order valence-corrected chi connectivity index (χ4v) is 7.42. The highest BCUT2D eigenvalue weighted by molar-refractivity contribution is 7.89. The Labute approximate surface area is 261 Å². The summed E-state index contributed by atoms with van der Waals surface area (Å²) in [7, 11) is -3.76. The van der Waals surface area contributed by atoms with Crippen LogP contribution in [0.25, 0.3) is 0 Å². The van der Waals surface area contributed by atoms with Crippen molar-refractivity contribution in [2.75, 3.05) is 25.0 Å². The third-order valence-corrected chi connectivity index (χ3v) is 10.1. The lowest BCUT2D eigenvalue weighted by molar-refractivity contribution is -0.117. The average molecular weight is 639 g/mol. The number of nitrogens with one attached hydrogen (secondary N) is 2. The zero-order valence-electron chi connectivity index (χ0n) is 23.8. The van der Waals surface area contributed by atoms with Gasteiger partial charge in [-0.1, -0.05) is 60.1 Å². The topological polar surface area (TPSA) is 105 Å². The molecule has 5 rings (SSSR count). The summed E-state index contributed by atoms with van der Waals surface area (Å²) in [5.74, 6) is -2.31. The molecule has 1 fully saturated rings. The molecule has 1 heterocycles. The standard InChI is InChI=1S/C33H33ClF2N4O3S/c34-24-14-12-22(13-15-24)31(23-6-4-7-25(35)20-23)32(37)33(41)39-30-11-5-10-29(36)28(30)17-16-26-21-38-18-19-40(26)44(42,43)27-8-2-1-3-9-27/h1-15,20,26,31-32,38H,16-19,21,37H2,(H,39,41)/t26-,31-,32-/m0/s1. The van der Waals surface area contributed by atoms with Gasteiger partial charge in [0.05, 0.1) is 10.9 Å². The molecule has 0 unspecified atom stereocenters. The van der Waals surface area contributed by atoms with Crippen molar-refractivity contribution in [2.24, 2.45) is 5.73 Å². The van der Waals surface area contributed by atoms with Crippen LogP contribution in [0.5, 0.6) is 0 Å². The first-order valence-corrected chi connectivity index (χ1v) is 16.1. The van der Waals surface area contributed by atoms with Crippen molar-refractivity contribution in [3.05, 3.63) is 130 Å². The maximum atomic E-state index is 15.2. The number of carbonyl (C=O) groups excluding carboxylic acids is 1. The van der Waals surface area contributed by atoms with Gasteiger partial charge in [-0.05, 0) is 72.5 Å². The maximum Gasteiger partial charge on any atom is 0.243 e. The second-order valence-corrected chi connectivity index (χ2v) is 13.0. The van der Waals surface area contributed by atoms with Gasteiger partial charge in [-0.2, -0.15) is 4.31 Å². The molecule has 1 aliphatic rings. The predicted molar refractivity (Wildman–Crippen MR) is 168 cm³/mol. The molecular weight excluding hydrogens is 606 g/mol. The van der Waals surface area contributed by atoms with E-state index >= 15 is 4.39 Å². The van der Waals surface area contributed by atoms with Crippen LogP contribution in [0.4, 0.5) is 14.5 Å². The van der Waals surface area contributed by atoms with Crippen LogP contribution >= 0.6 is 11.6 Å². The molecule has 1 amide bonds. The first-order chi connectivity index (χ1) is 21.1. The molecule has 0 saturated carbocycles. The van der Waals surface area contributed by atoms with Crippen molar-refractivity contribution < 1.29 is 22.0 Å². The van der Waals surface area contributed by atoms with E-state index in [9.17, 15) is 17.6 Å². The van der Waals surface area contributed by atoms with Gasteiger partial charge in [0, 0.05) is 47.9 Å². The van der Waals surface area contributed by atoms with E-state index < -0.39 is 45.6 Å². The van der Waals surface area contributed by atoms with E-state index in [1.807, 2.05) is 0 Å². The third-order valence-electron chi connectivity index (χ3n) is 7.85. The molecule has 44 heavy (non-hydrogen) atoms. The number of amides is 1. The smallest absolute Gasteiger partial charge is 0.243 e. The summed E-state index contributed by atoms with van der Waals surface area (Å²) < 4.78 is 57.7. The van der Waals surface area contributed by atoms with Gasteiger partial charge in [0.25, 0.3) is 0 Å². The van der Waals surface area contributed by atoms with Gasteiger partial charge >= 0.3 is 0 Å². The number of benzene rings is 4. The summed E-state index contributed by atoms with van der Waals surface area (Å²) >= 11 is 6.07. The number of carbonyl (C=O) groups is 1. The quantitative estimate of drug-likeness (QED) is 0.218. The summed E-state index contributed by atoms with van der Waals surface area (Å²) in [5.41, 5.74) is 8.15. The Balaban J connectivity index is 1.37. The fraction of sp³-hybridized carbons (Fsp3) is 0.242. The van der Waals surface area contributed by atoms with E-state index in [1.165, 1.54) is 28.6 Å². The lowest BCUT2D eigenvalue weighted by Crippen LogP contribution is -2.53. The summed E-state index contributed by atoms with van der Waals surface area (Å²) in [6, 6.07) is 23.7. The molecule has 11 heteroatoms. The monoisotopic (exact) mass is 638 g/mol. The number of hydrogen-bond donors (Lipinski definition) is 3. The number of rotatable bonds is 10. The molecule has 0 aromatic heterocycles. The lowest BCUT2D eigenvalue weighted by atomic mass is 9.85. The molecule has 0 bridgehead atoms. The Morgan fingerprint density at radius 3 is 2.43 bits per heavy atom. The summed E-state index contributed by atoms with van der Waals surface area (Å²) in [5, 5.41) is 6.51. The molecule has 0 aliphatic carbocycles. The predicted octanol–water partition coefficient (Wildman–Crippen LogP) is 5.31. The average Bonchev–Trinajstić information content (AvgIpc) is 3.02. The summed E-state index contributed by atoms with van der Waals surface area (Å²) in [4.78, 5) is 13.8. The molecule has 7 nitrogen and oxygen atoms in total. The number of nitrogens with zero attached hydrogens (tertiary/aromatic N) is 1. The van der Waals surface area contributed by atoms with Crippen LogP contribution in [-0.2, 0) is 21.2 Å². The van der Waals surface area contributed by atoms with E-state index in [0.717, 1.165) is 0 Å². The molecule has 3 atom stereocenters. The van der Waals surface area contributed by atoms with Crippen molar-refractivity contribution in [3.8, 4) is 0 Å². The van der Waals surface area contributed by atoms with Gasteiger partial charge in [-0.3, -0.25) is 4.79 Å². The second-order valence-electron chi connectivity index (χ2n) is 10.7. The van der Waals surface area contributed by atoms with Crippen molar-refractivity contribution in [2.45, 2.75) is 35.7 Å². The molecule has 4 aromatic carbocycles. The summed E-state index contributed by atoms with van der Waals surface area (Å²) in [6.07, 6.45) is 0.473. The molecule has 230 valence electrons. The molecule has 1 aliphatic heterocycles. The minimum atomic E-state index is -3.76. The number of halogens is 3. The number of anilines is 1. The van der Waals surface area contributed by atoms with Gasteiger partial charge in [-0.15, -0.1) is 0 Å². The Kier molecular flexibility index (Phi) is 10.1. The highest BCUT2D eigenvalue weighted by atomic mass is 35.5. The number of piperazine rings is 1. The SMILES string of the molecule is N[C@H](C(=O)Nc1cccc(F)c1CC[C@H]1CNCCN1S(=O)(=O)c1ccccc1)[C@@H](c1ccc(Cl)cc1)c1cccc(F)c1. The van der Waals surface area contributed by atoms with Gasteiger partial charge in [0.2, 0.25) is 15.9 Å². The molecule has 0 spiro atoms. The van der Waals surface area contributed by atoms with Crippen LogP contribution in [-0.4, -0.2) is 50.3 Å². The number of hydrogen-bond acceptors (Lipinski definition) is 5. The largest absolute Gasteiger partial charge is 0.324 e. The van der Waals surface area contributed by atoms with Crippen LogP contribution in [0.3, 0.4) is 0 Å². The molecule has 4 N–H and O–H groups in total. The number of nitrogens with two attached hydrogens (primary N) is 1. The Hall–Kier alpha value is -3.67. The van der Waals surface area contributed by atoms with Crippen LogP contribution in [0.2, 0.25) is 5.02 Å². The minimum absolute atomic E-state index is 0.162. The fourth-order valence-electron chi connectivity index (χ4n) is 5.62. The van der Waals surface area contributed by atoms with Gasteiger partial charge in [0.15, 0.2) is 0 Å². The first-order valence-electron chi connectivity index (χ1n) is 14.3. The third kappa shape index (κ3) is 7.17. The van der Waals surface area contributed by atoms with E-state index in [2.05, 4.69) is 10.6 Å². The highest BCUT2D eigenvalue weighted by Crippen LogP contribution is 2.31. The lowest BCUT2D eigenvalue weighted by Gasteiger charge is -2.35. The molecule has 4 aromatic rings. The maximum absolute atomic E-state index is 15.2. The zero-order valence-corrected chi connectivity index (χ0v) is 25.4. The van der Waals surface area contributed by atoms with Crippen molar-refractivity contribution in [1.29, 1.82) is 0 Å². The van der Waals surface area contributed by atoms with Crippen LogP contribution in [0.15, 0.2) is 102 Å². The van der Waals surface area contributed by atoms with Gasteiger partial charge in [0.1, 0.15) is 11.6 Å². The van der Waals surface area contributed by atoms with Crippen molar-refractivity contribution in [1.82, 2.24) is 9.62 Å². The number of sulfonamides is 1. The normalized spacial score (nSPS) is 17.1. The van der Waals surface area contributed by atoms with Gasteiger partial charge in [-0.25, -0.2) is 17.2 Å². The van der Waals surface area contributed by atoms with Crippen LogP contribution in [0, 0.1) is 11.6 Å². The Morgan fingerprint density at radius 2 is 1.70 bits per heavy atom. The van der Waals surface area contributed by atoms with E-state index in [1.54, 1.807) is 72.8 Å². The van der Waals surface area contributed by atoms with Gasteiger partial charge < -0.3 is 16.4 Å². The molecule has 1 saturated heterocycles. The molecular formula is C33H33ClF2N4O3S. The molecule has 0 radical (unpaired) electrons.